The molecule has 1 saturated heterocycles. The molecule has 0 unspecified atom stereocenters. The van der Waals surface area contributed by atoms with Crippen LogP contribution in [0.25, 0.3) is 10.9 Å². The normalized spacial score (nSPS) is 25.6. The summed E-state index contributed by atoms with van der Waals surface area (Å²) in [6.07, 6.45) is 3.18. The van der Waals surface area contributed by atoms with Gasteiger partial charge in [0.05, 0.1) is 10.9 Å². The first kappa shape index (κ1) is 13.0. The van der Waals surface area contributed by atoms with Gasteiger partial charge in [-0.25, -0.2) is 9.37 Å². The van der Waals surface area contributed by atoms with Crippen LogP contribution in [0.5, 0.6) is 0 Å². The fourth-order valence-electron chi connectivity index (χ4n) is 3.92. The van der Waals surface area contributed by atoms with Crippen LogP contribution in [0.3, 0.4) is 0 Å². The highest BCUT2D eigenvalue weighted by molar-refractivity contribution is 5.77. The molecule has 2 aromatic rings. The number of likely N-dealkylation sites (N-methyl/N-ethyl adjacent to an activating group) is 1. The van der Waals surface area contributed by atoms with Crippen molar-refractivity contribution in [3.63, 3.8) is 0 Å². The molecule has 1 aromatic heterocycles. The van der Waals surface area contributed by atoms with Gasteiger partial charge >= 0.3 is 0 Å². The lowest BCUT2D eigenvalue weighted by Gasteiger charge is -2.42. The summed E-state index contributed by atoms with van der Waals surface area (Å²) < 4.78 is 15.2. The highest BCUT2D eigenvalue weighted by Crippen LogP contribution is 2.36. The number of piperidine rings is 1. The highest BCUT2D eigenvalue weighted by Gasteiger charge is 2.36. The third-order valence-electron chi connectivity index (χ3n) is 4.98. The smallest absolute Gasteiger partial charge is 0.261 e. The number of hydrogen-bond acceptors (Lipinski definition) is 3. The Morgan fingerprint density at radius 1 is 1.29 bits per heavy atom. The predicted molar refractivity (Wildman–Crippen MR) is 79.0 cm³/mol. The lowest BCUT2D eigenvalue weighted by Crippen LogP contribution is -2.47. The Kier molecular flexibility index (Phi) is 2.85. The fourth-order valence-corrected chi connectivity index (χ4v) is 3.92. The number of rotatable bonds is 0. The van der Waals surface area contributed by atoms with E-state index in [9.17, 15) is 9.18 Å². The Bertz CT molecular complexity index is 770. The molecular formula is C16H18FN3O. The molecule has 0 aliphatic carbocycles. The zero-order valence-corrected chi connectivity index (χ0v) is 12.1. The second-order valence-electron chi connectivity index (χ2n) is 6.17. The van der Waals surface area contributed by atoms with Crippen LogP contribution in [-0.4, -0.2) is 34.1 Å². The summed E-state index contributed by atoms with van der Waals surface area (Å²) in [4.78, 5) is 19.7. The van der Waals surface area contributed by atoms with E-state index in [0.29, 0.717) is 29.4 Å². The maximum Gasteiger partial charge on any atom is 0.261 e. The zero-order valence-electron chi connectivity index (χ0n) is 12.1. The van der Waals surface area contributed by atoms with Crippen LogP contribution in [0.1, 0.15) is 31.0 Å². The van der Waals surface area contributed by atoms with E-state index in [1.54, 1.807) is 10.6 Å². The number of halogens is 1. The van der Waals surface area contributed by atoms with Crippen LogP contribution in [0.2, 0.25) is 0 Å². The van der Waals surface area contributed by atoms with Crippen molar-refractivity contribution in [1.29, 1.82) is 0 Å². The zero-order chi connectivity index (χ0) is 14.6. The van der Waals surface area contributed by atoms with E-state index in [1.807, 2.05) is 0 Å². The SMILES string of the molecule is CN1CCC[C@@H]2c3nc4ccc(F)cc4c(=O)n3CC[C@H]21. The van der Waals surface area contributed by atoms with Crippen molar-refractivity contribution < 1.29 is 4.39 Å². The van der Waals surface area contributed by atoms with Crippen LogP contribution in [0.15, 0.2) is 23.0 Å². The molecule has 4 nitrogen and oxygen atoms in total. The van der Waals surface area contributed by atoms with Crippen LogP contribution in [0, 0.1) is 5.82 Å². The van der Waals surface area contributed by atoms with Crippen LogP contribution >= 0.6 is 0 Å². The summed E-state index contributed by atoms with van der Waals surface area (Å²) in [5.41, 5.74) is 0.516. The molecule has 0 spiro atoms. The van der Waals surface area contributed by atoms with Gasteiger partial charge in [0.15, 0.2) is 0 Å². The minimum Gasteiger partial charge on any atom is -0.303 e. The Balaban J connectivity index is 1.94. The molecule has 0 N–H and O–H groups in total. The second kappa shape index (κ2) is 4.63. The first-order chi connectivity index (χ1) is 10.1. The number of fused-ring (bicyclic) bond motifs is 4. The lowest BCUT2D eigenvalue weighted by molar-refractivity contribution is 0.123. The number of likely N-dealkylation sites (tertiary alicyclic amines) is 1. The van der Waals surface area contributed by atoms with Crippen molar-refractivity contribution in [1.82, 2.24) is 14.5 Å². The topological polar surface area (TPSA) is 38.1 Å². The molecule has 5 heteroatoms. The summed E-state index contributed by atoms with van der Waals surface area (Å²) in [6.45, 7) is 1.79. The van der Waals surface area contributed by atoms with Crippen molar-refractivity contribution in [2.75, 3.05) is 13.6 Å². The monoisotopic (exact) mass is 287 g/mol. The van der Waals surface area contributed by atoms with E-state index in [4.69, 9.17) is 4.98 Å². The highest BCUT2D eigenvalue weighted by atomic mass is 19.1. The molecule has 4 rings (SSSR count). The Morgan fingerprint density at radius 3 is 3.00 bits per heavy atom. The molecule has 0 saturated carbocycles. The molecule has 0 bridgehead atoms. The van der Waals surface area contributed by atoms with E-state index >= 15 is 0 Å². The van der Waals surface area contributed by atoms with Crippen molar-refractivity contribution in [2.45, 2.75) is 37.8 Å². The Morgan fingerprint density at radius 2 is 2.14 bits per heavy atom. The second-order valence-corrected chi connectivity index (χ2v) is 6.17. The molecule has 0 amide bonds. The van der Waals surface area contributed by atoms with Gasteiger partial charge < -0.3 is 4.90 Å². The van der Waals surface area contributed by atoms with Crippen molar-refractivity contribution >= 4 is 10.9 Å². The molecule has 2 aliphatic heterocycles. The number of benzene rings is 1. The summed E-state index contributed by atoms with van der Waals surface area (Å²) in [6, 6.07) is 4.77. The van der Waals surface area contributed by atoms with Crippen LogP contribution < -0.4 is 5.56 Å². The average molecular weight is 287 g/mol. The van der Waals surface area contributed by atoms with Gasteiger partial charge in [-0.2, -0.15) is 0 Å². The predicted octanol–water partition coefficient (Wildman–Crippen LogP) is 2.12. The summed E-state index contributed by atoms with van der Waals surface area (Å²) in [7, 11) is 2.15. The molecule has 1 aromatic carbocycles. The number of hydrogen-bond donors (Lipinski definition) is 0. The molecule has 0 radical (unpaired) electrons. The van der Waals surface area contributed by atoms with Gasteiger partial charge in [0, 0.05) is 18.5 Å². The summed E-state index contributed by atoms with van der Waals surface area (Å²) >= 11 is 0. The quantitative estimate of drug-likeness (QED) is 0.745. The maximum atomic E-state index is 13.4. The first-order valence-electron chi connectivity index (χ1n) is 7.55. The van der Waals surface area contributed by atoms with Gasteiger partial charge in [-0.3, -0.25) is 9.36 Å². The van der Waals surface area contributed by atoms with Gasteiger partial charge in [-0.1, -0.05) is 0 Å². The molecule has 2 aliphatic rings. The molecule has 110 valence electrons. The van der Waals surface area contributed by atoms with E-state index in [1.165, 1.54) is 12.1 Å². The molecular weight excluding hydrogens is 269 g/mol. The summed E-state index contributed by atoms with van der Waals surface area (Å²) in [5.74, 6) is 0.828. The third kappa shape index (κ3) is 1.91. The lowest BCUT2D eigenvalue weighted by atomic mass is 9.84. The van der Waals surface area contributed by atoms with Gasteiger partial charge in [-0.15, -0.1) is 0 Å². The molecule has 3 heterocycles. The maximum absolute atomic E-state index is 13.4. The van der Waals surface area contributed by atoms with Crippen molar-refractivity contribution in [3.05, 3.63) is 40.2 Å². The Hall–Kier alpha value is -1.75. The van der Waals surface area contributed by atoms with Crippen molar-refractivity contribution in [3.8, 4) is 0 Å². The number of nitrogens with zero attached hydrogens (tertiary/aromatic N) is 3. The molecule has 1 fully saturated rings. The fraction of sp³-hybridized carbons (Fsp3) is 0.500. The van der Waals surface area contributed by atoms with Gasteiger partial charge in [-0.05, 0) is 51.1 Å². The third-order valence-corrected chi connectivity index (χ3v) is 4.98. The molecule has 21 heavy (non-hydrogen) atoms. The standard InChI is InChI=1S/C16H18FN3O/c1-19-7-2-3-11-14(19)6-8-20-15(11)18-13-5-4-10(17)9-12(13)16(20)21/h4-5,9,11,14H,2-3,6-8H2,1H3/t11-,14+/m0/s1. The van der Waals surface area contributed by atoms with Crippen LogP contribution in [-0.2, 0) is 6.54 Å². The van der Waals surface area contributed by atoms with E-state index < -0.39 is 0 Å². The van der Waals surface area contributed by atoms with Crippen molar-refractivity contribution in [2.24, 2.45) is 0 Å². The minimum atomic E-state index is -0.381. The van der Waals surface area contributed by atoms with E-state index in [2.05, 4.69) is 11.9 Å². The summed E-state index contributed by atoms with van der Waals surface area (Å²) in [5, 5.41) is 0.390. The number of aromatic nitrogens is 2. The van der Waals surface area contributed by atoms with E-state index in [0.717, 1.165) is 31.6 Å². The first-order valence-corrected chi connectivity index (χ1v) is 7.55. The minimum absolute atomic E-state index is 0.0961. The van der Waals surface area contributed by atoms with Crippen LogP contribution in [0.4, 0.5) is 4.39 Å². The van der Waals surface area contributed by atoms with Gasteiger partial charge in [0.25, 0.3) is 5.56 Å². The average Bonchev–Trinajstić information content (AvgIpc) is 2.48. The van der Waals surface area contributed by atoms with E-state index in [-0.39, 0.29) is 11.4 Å². The van der Waals surface area contributed by atoms with Gasteiger partial charge in [0.1, 0.15) is 11.6 Å². The largest absolute Gasteiger partial charge is 0.303 e. The molecule has 2 atom stereocenters. The Labute approximate surface area is 122 Å². The van der Waals surface area contributed by atoms with Gasteiger partial charge in [0.2, 0.25) is 0 Å².